The lowest BCUT2D eigenvalue weighted by atomic mass is 10.1. The van der Waals surface area contributed by atoms with Crippen molar-refractivity contribution >= 4 is 27.9 Å². The van der Waals surface area contributed by atoms with Gasteiger partial charge in [0.2, 0.25) is 10.0 Å². The van der Waals surface area contributed by atoms with Gasteiger partial charge < -0.3 is 20.2 Å². The van der Waals surface area contributed by atoms with Crippen LogP contribution in [0.3, 0.4) is 0 Å². The normalized spacial score (nSPS) is 11.8. The third-order valence-electron chi connectivity index (χ3n) is 4.81. The van der Waals surface area contributed by atoms with Crippen molar-refractivity contribution in [1.82, 2.24) is 10.6 Å². The van der Waals surface area contributed by atoms with Crippen molar-refractivity contribution < 1.29 is 27.5 Å². The number of sulfonamides is 1. The highest BCUT2D eigenvalue weighted by atomic mass is 32.2. The Hall–Kier alpha value is -3.73. The lowest BCUT2D eigenvalue weighted by Gasteiger charge is -2.10. The molecule has 9 nitrogen and oxygen atoms in total. The molecule has 0 aliphatic rings. The molecule has 1 aromatic heterocycles. The molecule has 1 heterocycles. The molecule has 0 bridgehead atoms. The number of amides is 2. The molecular formula is C24H25N3O6S. The van der Waals surface area contributed by atoms with Crippen LogP contribution in [0.25, 0.3) is 17.4 Å². The van der Waals surface area contributed by atoms with Gasteiger partial charge in [-0.25, -0.2) is 13.6 Å². The second kappa shape index (κ2) is 10.9. The van der Waals surface area contributed by atoms with Gasteiger partial charge in [-0.2, -0.15) is 0 Å². The van der Waals surface area contributed by atoms with Crippen molar-refractivity contribution in [3.8, 4) is 11.3 Å². The molecular weight excluding hydrogens is 458 g/mol. The van der Waals surface area contributed by atoms with Gasteiger partial charge in [0.1, 0.15) is 17.2 Å². The number of nitrogens with two attached hydrogens (primary N) is 1. The first-order valence-corrected chi connectivity index (χ1v) is 11.9. The van der Waals surface area contributed by atoms with Crippen molar-refractivity contribution in [3.63, 3.8) is 0 Å². The predicted octanol–water partition coefficient (Wildman–Crippen LogP) is 2.17. The van der Waals surface area contributed by atoms with Crippen LogP contribution >= 0.6 is 0 Å². The number of furan rings is 1. The number of carbonyl (C=O) groups is 2. The molecule has 0 fully saturated rings. The molecule has 3 aromatic rings. The van der Waals surface area contributed by atoms with Gasteiger partial charge in [-0.05, 0) is 61.9 Å². The van der Waals surface area contributed by atoms with Crippen LogP contribution in [0.5, 0.6) is 0 Å². The van der Waals surface area contributed by atoms with Crippen LogP contribution in [0.2, 0.25) is 0 Å². The molecule has 0 unspecified atom stereocenters. The first-order chi connectivity index (χ1) is 16.2. The van der Waals surface area contributed by atoms with Gasteiger partial charge in [-0.3, -0.25) is 9.59 Å². The zero-order valence-electron chi connectivity index (χ0n) is 18.4. The van der Waals surface area contributed by atoms with E-state index in [9.17, 15) is 18.0 Å². The fourth-order valence-electron chi connectivity index (χ4n) is 2.97. The van der Waals surface area contributed by atoms with Crippen LogP contribution in [0.4, 0.5) is 0 Å². The maximum absolute atomic E-state index is 12.7. The molecule has 0 aliphatic heterocycles. The first kappa shape index (κ1) is 24.9. The van der Waals surface area contributed by atoms with E-state index in [0.717, 1.165) is 5.56 Å². The Bertz CT molecular complexity index is 1290. The van der Waals surface area contributed by atoms with Crippen molar-refractivity contribution in [2.75, 3.05) is 13.2 Å². The fourth-order valence-corrected chi connectivity index (χ4v) is 3.49. The fraction of sp³-hybridized carbons (Fsp3) is 0.167. The van der Waals surface area contributed by atoms with Gasteiger partial charge in [0.15, 0.2) is 0 Å². The van der Waals surface area contributed by atoms with Crippen LogP contribution in [-0.2, 0) is 14.8 Å². The number of carbonyl (C=O) groups excluding carboxylic acids is 2. The van der Waals surface area contributed by atoms with E-state index in [4.69, 9.17) is 14.7 Å². The maximum atomic E-state index is 12.7. The molecule has 10 heteroatoms. The largest absolute Gasteiger partial charge is 0.457 e. The summed E-state index contributed by atoms with van der Waals surface area (Å²) < 4.78 is 28.6. The van der Waals surface area contributed by atoms with Crippen LogP contribution in [0.15, 0.2) is 75.7 Å². The van der Waals surface area contributed by atoms with Gasteiger partial charge in [-0.1, -0.05) is 17.7 Å². The van der Waals surface area contributed by atoms with Gasteiger partial charge >= 0.3 is 0 Å². The van der Waals surface area contributed by atoms with Crippen LogP contribution in [0, 0.1) is 6.92 Å². The minimum Gasteiger partial charge on any atom is -0.457 e. The van der Waals surface area contributed by atoms with E-state index in [1.807, 2.05) is 6.92 Å². The number of aryl methyl sites for hydroxylation is 1. The summed E-state index contributed by atoms with van der Waals surface area (Å²) in [4.78, 5) is 25.3. The van der Waals surface area contributed by atoms with E-state index < -0.39 is 21.8 Å². The topological polar surface area (TPSA) is 152 Å². The molecule has 0 saturated heterocycles. The summed E-state index contributed by atoms with van der Waals surface area (Å²) in [7, 11) is -3.81. The lowest BCUT2D eigenvalue weighted by molar-refractivity contribution is -0.117. The van der Waals surface area contributed by atoms with Crippen molar-refractivity contribution in [1.29, 1.82) is 0 Å². The summed E-state index contributed by atoms with van der Waals surface area (Å²) in [6.07, 6.45) is 1.76. The minimum atomic E-state index is -3.81. The highest BCUT2D eigenvalue weighted by molar-refractivity contribution is 7.89. The highest BCUT2D eigenvalue weighted by Gasteiger charge is 2.16. The Kier molecular flexibility index (Phi) is 8.00. The van der Waals surface area contributed by atoms with Crippen molar-refractivity contribution in [3.05, 3.63) is 83.2 Å². The molecule has 0 spiro atoms. The molecule has 0 saturated carbocycles. The van der Waals surface area contributed by atoms with Crippen LogP contribution in [0.1, 0.15) is 28.1 Å². The van der Waals surface area contributed by atoms with Crippen LogP contribution in [-0.4, -0.2) is 38.5 Å². The average molecular weight is 484 g/mol. The molecule has 0 atom stereocenters. The van der Waals surface area contributed by atoms with Gasteiger partial charge in [0, 0.05) is 30.4 Å². The maximum Gasteiger partial charge on any atom is 0.267 e. The Morgan fingerprint density at radius 2 is 1.71 bits per heavy atom. The molecule has 5 N–H and O–H groups in total. The lowest BCUT2D eigenvalue weighted by Crippen LogP contribution is -2.35. The predicted molar refractivity (Wildman–Crippen MR) is 127 cm³/mol. The standard InChI is InChI=1S/C24H25N3O6S/c1-16-3-5-18(6-4-16)23(29)27-21(24(30)26-13-2-14-28)15-19-9-12-22(33-19)17-7-10-20(11-8-17)34(25,31)32/h3-12,15,28H,2,13-14H2,1H3,(H,26,30)(H,27,29)(H2,25,31,32)/b21-15-. The van der Waals surface area contributed by atoms with Crippen molar-refractivity contribution in [2.45, 2.75) is 18.2 Å². The number of hydrogen-bond acceptors (Lipinski definition) is 6. The second-order valence-corrected chi connectivity index (χ2v) is 9.04. The number of rotatable bonds is 9. The van der Waals surface area contributed by atoms with Gasteiger partial charge in [-0.15, -0.1) is 0 Å². The summed E-state index contributed by atoms with van der Waals surface area (Å²) in [6, 6.07) is 16.0. The van der Waals surface area contributed by atoms with E-state index in [0.29, 0.717) is 29.1 Å². The smallest absolute Gasteiger partial charge is 0.267 e. The minimum absolute atomic E-state index is 0.0245. The number of primary sulfonamides is 1. The van der Waals surface area contributed by atoms with E-state index >= 15 is 0 Å². The number of nitrogens with one attached hydrogen (secondary N) is 2. The molecule has 178 valence electrons. The monoisotopic (exact) mass is 483 g/mol. The Morgan fingerprint density at radius 1 is 1.03 bits per heavy atom. The van der Waals surface area contributed by atoms with E-state index in [-0.39, 0.29) is 23.7 Å². The van der Waals surface area contributed by atoms with Crippen molar-refractivity contribution in [2.24, 2.45) is 5.14 Å². The van der Waals surface area contributed by atoms with E-state index in [1.165, 1.54) is 18.2 Å². The van der Waals surface area contributed by atoms with E-state index in [2.05, 4.69) is 10.6 Å². The number of aliphatic hydroxyl groups is 1. The summed E-state index contributed by atoms with van der Waals surface area (Å²) in [5.74, 6) is -0.280. The summed E-state index contributed by atoms with van der Waals surface area (Å²) in [6.45, 7) is 2.05. The SMILES string of the molecule is Cc1ccc(C(=O)N/C(=C\c2ccc(-c3ccc(S(N)(=O)=O)cc3)o2)C(=O)NCCCO)cc1. The van der Waals surface area contributed by atoms with Gasteiger partial charge in [0.05, 0.1) is 4.90 Å². The average Bonchev–Trinajstić information content (AvgIpc) is 3.27. The summed E-state index contributed by atoms with van der Waals surface area (Å²) >= 11 is 0. The number of benzene rings is 2. The van der Waals surface area contributed by atoms with Crippen LogP contribution < -0.4 is 15.8 Å². The molecule has 0 aliphatic carbocycles. The zero-order valence-corrected chi connectivity index (χ0v) is 19.3. The molecule has 0 radical (unpaired) electrons. The molecule has 2 amide bonds. The quantitative estimate of drug-likeness (QED) is 0.270. The first-order valence-electron chi connectivity index (χ1n) is 10.4. The molecule has 3 rings (SSSR count). The molecule has 2 aromatic carbocycles. The third-order valence-corrected chi connectivity index (χ3v) is 5.74. The highest BCUT2D eigenvalue weighted by Crippen LogP contribution is 2.24. The summed E-state index contributed by atoms with van der Waals surface area (Å²) in [5.41, 5.74) is 1.95. The third kappa shape index (κ3) is 6.64. The Balaban J connectivity index is 1.85. The molecule has 34 heavy (non-hydrogen) atoms. The number of aliphatic hydroxyl groups excluding tert-OH is 1. The van der Waals surface area contributed by atoms with E-state index in [1.54, 1.807) is 48.5 Å². The van der Waals surface area contributed by atoms with Gasteiger partial charge in [0.25, 0.3) is 11.8 Å². The Morgan fingerprint density at radius 3 is 2.32 bits per heavy atom. The summed E-state index contributed by atoms with van der Waals surface area (Å²) in [5, 5.41) is 19.3. The number of hydrogen-bond donors (Lipinski definition) is 4. The second-order valence-electron chi connectivity index (χ2n) is 7.48. The zero-order chi connectivity index (χ0) is 24.7. The Labute approximate surface area is 197 Å².